The lowest BCUT2D eigenvalue weighted by Gasteiger charge is -2.33. The van der Waals surface area contributed by atoms with Crippen LogP contribution in [0, 0.1) is 13.8 Å². The molecule has 2 amide bonds. The Morgan fingerprint density at radius 1 is 0.975 bits per heavy atom. The van der Waals surface area contributed by atoms with Gasteiger partial charge in [-0.15, -0.1) is 0 Å². The summed E-state index contributed by atoms with van der Waals surface area (Å²) in [5.74, 6) is -0.701. The molecular formula is C31H36BrN3O4S. The van der Waals surface area contributed by atoms with Crippen molar-refractivity contribution in [2.45, 2.75) is 70.0 Å². The van der Waals surface area contributed by atoms with Crippen LogP contribution in [-0.2, 0) is 26.2 Å². The van der Waals surface area contributed by atoms with Gasteiger partial charge in [0, 0.05) is 17.1 Å². The van der Waals surface area contributed by atoms with E-state index in [4.69, 9.17) is 0 Å². The Kier molecular flexibility index (Phi) is 9.68. The molecule has 0 bridgehead atoms. The Balaban J connectivity index is 1.70. The maximum absolute atomic E-state index is 14.1. The van der Waals surface area contributed by atoms with E-state index < -0.39 is 28.5 Å². The van der Waals surface area contributed by atoms with Crippen molar-refractivity contribution in [1.82, 2.24) is 10.2 Å². The first-order chi connectivity index (χ1) is 19.1. The SMILES string of the molecule is Cc1ccc(N(CC(=O)N(Cc2cccc(Br)c2)[C@@H](C)C(=O)NC2CCCC2)S(=O)(=O)c2ccccc2)c(C)c1. The van der Waals surface area contributed by atoms with E-state index >= 15 is 0 Å². The summed E-state index contributed by atoms with van der Waals surface area (Å²) in [7, 11) is -4.08. The first kappa shape index (κ1) is 29.8. The minimum atomic E-state index is -4.08. The highest BCUT2D eigenvalue weighted by atomic mass is 79.9. The molecule has 1 saturated carbocycles. The van der Waals surface area contributed by atoms with Crippen molar-refractivity contribution in [3.63, 3.8) is 0 Å². The van der Waals surface area contributed by atoms with Crippen molar-refractivity contribution in [1.29, 1.82) is 0 Å². The maximum atomic E-state index is 14.1. The van der Waals surface area contributed by atoms with Crippen molar-refractivity contribution in [3.05, 3.63) is 94.0 Å². The van der Waals surface area contributed by atoms with E-state index in [1.165, 1.54) is 17.0 Å². The van der Waals surface area contributed by atoms with Gasteiger partial charge in [0.25, 0.3) is 10.0 Å². The highest BCUT2D eigenvalue weighted by molar-refractivity contribution is 9.10. The van der Waals surface area contributed by atoms with E-state index in [-0.39, 0.29) is 23.4 Å². The van der Waals surface area contributed by atoms with Crippen molar-refractivity contribution in [2.75, 3.05) is 10.8 Å². The first-order valence-electron chi connectivity index (χ1n) is 13.6. The maximum Gasteiger partial charge on any atom is 0.264 e. The monoisotopic (exact) mass is 625 g/mol. The number of anilines is 1. The molecule has 0 saturated heterocycles. The molecule has 9 heteroatoms. The zero-order valence-corrected chi connectivity index (χ0v) is 25.5. The number of carbonyl (C=O) groups excluding carboxylic acids is 2. The van der Waals surface area contributed by atoms with Crippen molar-refractivity contribution in [3.8, 4) is 0 Å². The number of rotatable bonds is 10. The summed E-state index contributed by atoms with van der Waals surface area (Å²) in [5, 5.41) is 3.09. The minimum absolute atomic E-state index is 0.0911. The molecule has 1 aliphatic carbocycles. The number of amides is 2. The molecule has 1 N–H and O–H groups in total. The number of benzene rings is 3. The van der Waals surface area contributed by atoms with Gasteiger partial charge in [-0.05, 0) is 75.1 Å². The van der Waals surface area contributed by atoms with Crippen LogP contribution in [0.25, 0.3) is 0 Å². The zero-order chi connectivity index (χ0) is 28.9. The van der Waals surface area contributed by atoms with Gasteiger partial charge in [0.05, 0.1) is 10.6 Å². The standard InChI is InChI=1S/C31H36BrN3O4S/c1-22-16-17-29(23(2)18-22)35(40(38,39)28-14-5-4-6-15-28)21-30(36)34(20-25-10-9-11-26(32)19-25)24(3)31(37)33-27-12-7-8-13-27/h4-6,9-11,14-19,24,27H,7-8,12-13,20-21H2,1-3H3,(H,33,37)/t24-/m0/s1. The number of nitrogens with zero attached hydrogens (tertiary/aromatic N) is 2. The summed E-state index contributed by atoms with van der Waals surface area (Å²) in [6, 6.07) is 20.4. The number of sulfonamides is 1. The number of carbonyl (C=O) groups is 2. The summed E-state index contributed by atoms with van der Waals surface area (Å²) in [4.78, 5) is 29.0. The van der Waals surface area contributed by atoms with Crippen LogP contribution in [0.15, 0.2) is 82.2 Å². The minimum Gasteiger partial charge on any atom is -0.352 e. The lowest BCUT2D eigenvalue weighted by Crippen LogP contribution is -2.52. The van der Waals surface area contributed by atoms with Crippen LogP contribution in [-0.4, -0.2) is 43.8 Å². The van der Waals surface area contributed by atoms with Gasteiger partial charge < -0.3 is 10.2 Å². The molecule has 0 aliphatic heterocycles. The van der Waals surface area contributed by atoms with Crippen LogP contribution in [0.4, 0.5) is 5.69 Å². The molecular weight excluding hydrogens is 590 g/mol. The van der Waals surface area contributed by atoms with Crippen LogP contribution in [0.3, 0.4) is 0 Å². The van der Waals surface area contributed by atoms with Gasteiger partial charge in [-0.1, -0.05) is 76.8 Å². The molecule has 3 aromatic carbocycles. The Labute approximate surface area is 245 Å². The Bertz CT molecular complexity index is 1460. The van der Waals surface area contributed by atoms with Crippen LogP contribution >= 0.6 is 15.9 Å². The predicted molar refractivity (Wildman–Crippen MR) is 161 cm³/mol. The van der Waals surface area contributed by atoms with Gasteiger partial charge >= 0.3 is 0 Å². The van der Waals surface area contributed by atoms with Crippen LogP contribution in [0.5, 0.6) is 0 Å². The fourth-order valence-corrected chi connectivity index (χ4v) is 7.07. The molecule has 212 valence electrons. The van der Waals surface area contributed by atoms with Crippen LogP contribution in [0.2, 0.25) is 0 Å². The van der Waals surface area contributed by atoms with Crippen molar-refractivity contribution < 1.29 is 18.0 Å². The second-order valence-electron chi connectivity index (χ2n) is 10.4. The largest absolute Gasteiger partial charge is 0.352 e. The highest BCUT2D eigenvalue weighted by Gasteiger charge is 2.33. The number of hydrogen-bond acceptors (Lipinski definition) is 4. The third kappa shape index (κ3) is 7.12. The molecule has 0 spiro atoms. The molecule has 4 rings (SSSR count). The van der Waals surface area contributed by atoms with E-state index in [1.54, 1.807) is 31.2 Å². The zero-order valence-electron chi connectivity index (χ0n) is 23.1. The summed E-state index contributed by atoms with van der Waals surface area (Å²) in [6.07, 6.45) is 3.99. The molecule has 3 aromatic rings. The number of aryl methyl sites for hydroxylation is 2. The average molecular weight is 627 g/mol. The van der Waals surface area contributed by atoms with E-state index in [9.17, 15) is 18.0 Å². The normalized spacial score (nSPS) is 14.5. The summed E-state index contributed by atoms with van der Waals surface area (Å²) < 4.78 is 29.9. The summed E-state index contributed by atoms with van der Waals surface area (Å²) in [5.41, 5.74) is 2.97. The quantitative estimate of drug-likeness (QED) is 0.311. The Hall–Kier alpha value is -3.17. The summed E-state index contributed by atoms with van der Waals surface area (Å²) >= 11 is 3.48. The lowest BCUT2D eigenvalue weighted by atomic mass is 10.1. The smallest absolute Gasteiger partial charge is 0.264 e. The van der Waals surface area contributed by atoms with Gasteiger partial charge in [0.2, 0.25) is 11.8 Å². The molecule has 0 aromatic heterocycles. The van der Waals surface area contributed by atoms with E-state index in [1.807, 2.05) is 50.2 Å². The third-order valence-corrected chi connectivity index (χ3v) is 9.61. The van der Waals surface area contributed by atoms with Gasteiger partial charge in [-0.3, -0.25) is 13.9 Å². The van der Waals surface area contributed by atoms with Crippen LogP contribution < -0.4 is 9.62 Å². The van der Waals surface area contributed by atoms with E-state index in [0.717, 1.165) is 51.2 Å². The number of hydrogen-bond donors (Lipinski definition) is 1. The second-order valence-corrected chi connectivity index (χ2v) is 13.2. The molecule has 1 fully saturated rings. The van der Waals surface area contributed by atoms with Crippen molar-refractivity contribution >= 4 is 43.5 Å². The van der Waals surface area contributed by atoms with Crippen molar-refractivity contribution in [2.24, 2.45) is 0 Å². The molecule has 0 radical (unpaired) electrons. The predicted octanol–water partition coefficient (Wildman–Crippen LogP) is 5.74. The molecule has 0 unspecified atom stereocenters. The Morgan fingerprint density at radius 3 is 2.33 bits per heavy atom. The first-order valence-corrected chi connectivity index (χ1v) is 15.8. The number of nitrogens with one attached hydrogen (secondary N) is 1. The topological polar surface area (TPSA) is 86.8 Å². The molecule has 7 nitrogen and oxygen atoms in total. The molecule has 0 heterocycles. The van der Waals surface area contributed by atoms with Gasteiger partial charge in [0.15, 0.2) is 0 Å². The van der Waals surface area contributed by atoms with Gasteiger partial charge in [0.1, 0.15) is 12.6 Å². The third-order valence-electron chi connectivity index (χ3n) is 7.34. The lowest BCUT2D eigenvalue weighted by molar-refractivity contribution is -0.139. The number of halogens is 1. The van der Waals surface area contributed by atoms with E-state index in [0.29, 0.717) is 5.69 Å². The van der Waals surface area contributed by atoms with E-state index in [2.05, 4.69) is 21.2 Å². The summed E-state index contributed by atoms with van der Waals surface area (Å²) in [6.45, 7) is 5.17. The molecule has 1 atom stereocenters. The van der Waals surface area contributed by atoms with Crippen LogP contribution in [0.1, 0.15) is 49.3 Å². The molecule has 1 aliphatic rings. The second kappa shape index (κ2) is 13.0. The fourth-order valence-electron chi connectivity index (χ4n) is 5.12. The van der Waals surface area contributed by atoms with Gasteiger partial charge in [-0.25, -0.2) is 8.42 Å². The molecule has 40 heavy (non-hydrogen) atoms. The highest BCUT2D eigenvalue weighted by Crippen LogP contribution is 2.28. The van der Waals surface area contributed by atoms with Gasteiger partial charge in [-0.2, -0.15) is 0 Å². The average Bonchev–Trinajstić information content (AvgIpc) is 3.44. The fraction of sp³-hybridized carbons (Fsp3) is 0.355. The Morgan fingerprint density at radius 2 is 1.68 bits per heavy atom.